The fraction of sp³-hybridized carbons (Fsp3) is 0.120. The molecule has 0 atom stereocenters. The van der Waals surface area contributed by atoms with Crippen molar-refractivity contribution in [2.45, 2.75) is 18.7 Å². The van der Waals surface area contributed by atoms with Crippen molar-refractivity contribution in [1.82, 2.24) is 9.36 Å². The van der Waals surface area contributed by atoms with Crippen LogP contribution in [0.2, 0.25) is 0 Å². The largest absolute Gasteiger partial charge is 0.316 e. The predicted octanol–water partition coefficient (Wildman–Crippen LogP) is 3.85. The van der Waals surface area contributed by atoms with Crippen molar-refractivity contribution >= 4 is 27.3 Å². The molecule has 3 aromatic carbocycles. The van der Waals surface area contributed by atoms with E-state index in [1.165, 1.54) is 28.9 Å². The van der Waals surface area contributed by atoms with Crippen LogP contribution >= 0.6 is 0 Å². The van der Waals surface area contributed by atoms with E-state index in [0.717, 1.165) is 5.56 Å². The molecule has 4 aromatic rings. The fourth-order valence-electron chi connectivity index (χ4n) is 3.58. The molecule has 0 spiro atoms. The average Bonchev–Trinajstić information content (AvgIpc) is 3.03. The third-order valence-electron chi connectivity index (χ3n) is 5.54. The van der Waals surface area contributed by atoms with Gasteiger partial charge in [-0.25, -0.2) is 13.1 Å². The van der Waals surface area contributed by atoms with Crippen molar-refractivity contribution < 1.29 is 13.2 Å². The third kappa shape index (κ3) is 4.38. The van der Waals surface area contributed by atoms with Crippen molar-refractivity contribution in [1.29, 1.82) is 0 Å². The highest BCUT2D eigenvalue weighted by atomic mass is 32.2. The van der Waals surface area contributed by atoms with Crippen LogP contribution in [0.3, 0.4) is 0 Å². The molecule has 0 unspecified atom stereocenters. The summed E-state index contributed by atoms with van der Waals surface area (Å²) in [6.45, 7) is 3.59. The van der Waals surface area contributed by atoms with Crippen molar-refractivity contribution in [3.05, 3.63) is 106 Å². The minimum Gasteiger partial charge on any atom is -0.316 e. The zero-order chi connectivity index (χ0) is 24.5. The summed E-state index contributed by atoms with van der Waals surface area (Å²) in [5, 5.41) is 2.67. The summed E-state index contributed by atoms with van der Waals surface area (Å²) in [6, 6.07) is 21.7. The van der Waals surface area contributed by atoms with E-state index in [9.17, 15) is 18.0 Å². The van der Waals surface area contributed by atoms with Crippen molar-refractivity contribution in [2.75, 3.05) is 10.0 Å². The first kappa shape index (κ1) is 23.1. The molecule has 1 aromatic heterocycles. The van der Waals surface area contributed by atoms with Crippen LogP contribution in [0.5, 0.6) is 0 Å². The summed E-state index contributed by atoms with van der Waals surface area (Å²) >= 11 is 0. The molecule has 0 aliphatic carbocycles. The molecule has 1 heterocycles. The van der Waals surface area contributed by atoms with Gasteiger partial charge < -0.3 is 5.32 Å². The standard InChI is InChI=1S/C25H24N4O4S/c1-17-13-15-20(16-14-17)34(32,33)27-22-12-8-7-11-21(22)24(30)26-23-18(2)28(3)29(25(23)31)19-9-5-4-6-10-19/h4-16,27H,1-3H3,(H,26,30). The van der Waals surface area contributed by atoms with E-state index < -0.39 is 21.5 Å². The van der Waals surface area contributed by atoms with E-state index in [1.807, 2.05) is 25.1 Å². The van der Waals surface area contributed by atoms with Gasteiger partial charge in [0.15, 0.2) is 0 Å². The van der Waals surface area contributed by atoms with Gasteiger partial charge in [-0.3, -0.25) is 19.0 Å². The van der Waals surface area contributed by atoms with Crippen LogP contribution in [0, 0.1) is 13.8 Å². The molecule has 0 bridgehead atoms. The molecule has 9 heteroatoms. The predicted molar refractivity (Wildman–Crippen MR) is 132 cm³/mol. The lowest BCUT2D eigenvalue weighted by molar-refractivity contribution is 0.102. The maximum Gasteiger partial charge on any atom is 0.295 e. The topological polar surface area (TPSA) is 102 Å². The molecule has 0 saturated carbocycles. The summed E-state index contributed by atoms with van der Waals surface area (Å²) in [5.74, 6) is -0.604. The van der Waals surface area contributed by atoms with Gasteiger partial charge in [0, 0.05) is 7.05 Å². The number of carbonyl (C=O) groups is 1. The van der Waals surface area contributed by atoms with Crippen LogP contribution in [0.4, 0.5) is 11.4 Å². The lowest BCUT2D eigenvalue weighted by atomic mass is 10.1. The number of benzene rings is 3. The maximum absolute atomic E-state index is 13.2. The zero-order valence-corrected chi connectivity index (χ0v) is 19.8. The number of nitrogens with one attached hydrogen (secondary N) is 2. The van der Waals surface area contributed by atoms with Gasteiger partial charge >= 0.3 is 0 Å². The number of sulfonamides is 1. The normalized spacial score (nSPS) is 11.3. The van der Waals surface area contributed by atoms with Crippen molar-refractivity contribution in [3.63, 3.8) is 0 Å². The van der Waals surface area contributed by atoms with Gasteiger partial charge in [-0.1, -0.05) is 48.0 Å². The van der Waals surface area contributed by atoms with Gasteiger partial charge in [-0.2, -0.15) is 0 Å². The number of rotatable bonds is 6. The van der Waals surface area contributed by atoms with E-state index in [-0.39, 0.29) is 21.8 Å². The average molecular weight is 477 g/mol. The Morgan fingerprint density at radius 2 is 1.47 bits per heavy atom. The fourth-order valence-corrected chi connectivity index (χ4v) is 4.66. The molecule has 0 radical (unpaired) electrons. The minimum absolute atomic E-state index is 0.0814. The van der Waals surface area contributed by atoms with E-state index in [2.05, 4.69) is 10.0 Å². The molecule has 1 amide bonds. The number of para-hydroxylation sites is 2. The molecule has 4 rings (SSSR count). The van der Waals surface area contributed by atoms with Gasteiger partial charge in [0.05, 0.1) is 27.5 Å². The SMILES string of the molecule is Cc1ccc(S(=O)(=O)Nc2ccccc2C(=O)Nc2c(C)n(C)n(-c3ccccc3)c2=O)cc1. The van der Waals surface area contributed by atoms with E-state index in [1.54, 1.807) is 55.1 Å². The highest BCUT2D eigenvalue weighted by molar-refractivity contribution is 7.92. The lowest BCUT2D eigenvalue weighted by Crippen LogP contribution is -2.24. The Labute approximate surface area is 197 Å². The van der Waals surface area contributed by atoms with Crippen LogP contribution < -0.4 is 15.6 Å². The Hall–Kier alpha value is -4.11. The first-order valence-electron chi connectivity index (χ1n) is 10.5. The number of hydrogen-bond donors (Lipinski definition) is 2. The molecule has 174 valence electrons. The molecule has 8 nitrogen and oxygen atoms in total. The lowest BCUT2D eigenvalue weighted by Gasteiger charge is -2.12. The number of hydrogen-bond acceptors (Lipinski definition) is 4. The second-order valence-electron chi connectivity index (χ2n) is 7.85. The molecule has 34 heavy (non-hydrogen) atoms. The maximum atomic E-state index is 13.2. The summed E-state index contributed by atoms with van der Waals surface area (Å²) in [6.07, 6.45) is 0. The Morgan fingerprint density at radius 1 is 0.853 bits per heavy atom. The quantitative estimate of drug-likeness (QED) is 0.441. The first-order valence-corrected chi connectivity index (χ1v) is 12.0. The van der Waals surface area contributed by atoms with E-state index in [0.29, 0.717) is 11.4 Å². The number of aromatic nitrogens is 2. The zero-order valence-electron chi connectivity index (χ0n) is 18.9. The summed E-state index contributed by atoms with van der Waals surface area (Å²) in [5.41, 5.74) is 2.07. The van der Waals surface area contributed by atoms with Gasteiger partial charge in [-0.05, 0) is 50.2 Å². The van der Waals surface area contributed by atoms with Gasteiger partial charge in [-0.15, -0.1) is 0 Å². The molecule has 2 N–H and O–H groups in total. The van der Waals surface area contributed by atoms with Crippen LogP contribution in [0.25, 0.3) is 5.69 Å². The number of carbonyl (C=O) groups excluding carboxylic acids is 1. The van der Waals surface area contributed by atoms with Gasteiger partial charge in [0.2, 0.25) is 0 Å². The molecule has 0 aliphatic heterocycles. The summed E-state index contributed by atoms with van der Waals surface area (Å²) < 4.78 is 31.3. The molecule has 0 saturated heterocycles. The molecular formula is C25H24N4O4S. The van der Waals surface area contributed by atoms with Gasteiger partial charge in [0.1, 0.15) is 5.69 Å². The molecular weight excluding hydrogens is 452 g/mol. The van der Waals surface area contributed by atoms with Crippen LogP contribution in [0.1, 0.15) is 21.6 Å². The first-order chi connectivity index (χ1) is 16.2. The number of amides is 1. The van der Waals surface area contributed by atoms with Crippen LogP contribution in [-0.2, 0) is 17.1 Å². The van der Waals surface area contributed by atoms with Crippen molar-refractivity contribution in [2.24, 2.45) is 7.05 Å². The monoisotopic (exact) mass is 476 g/mol. The smallest absolute Gasteiger partial charge is 0.295 e. The Kier molecular flexibility index (Phi) is 6.12. The summed E-state index contributed by atoms with van der Waals surface area (Å²) in [7, 11) is -2.19. The Balaban J connectivity index is 1.66. The number of nitrogens with zero attached hydrogens (tertiary/aromatic N) is 2. The Bertz CT molecular complexity index is 1520. The van der Waals surface area contributed by atoms with Crippen LogP contribution in [0.15, 0.2) is 88.6 Å². The molecule has 0 fully saturated rings. The number of anilines is 2. The van der Waals surface area contributed by atoms with E-state index in [4.69, 9.17) is 0 Å². The van der Waals surface area contributed by atoms with Crippen molar-refractivity contribution in [3.8, 4) is 5.69 Å². The Morgan fingerprint density at radius 3 is 2.15 bits per heavy atom. The third-order valence-corrected chi connectivity index (χ3v) is 6.92. The number of aryl methyl sites for hydroxylation is 1. The van der Waals surface area contributed by atoms with Gasteiger partial charge in [0.25, 0.3) is 21.5 Å². The summed E-state index contributed by atoms with van der Waals surface area (Å²) in [4.78, 5) is 26.4. The molecule has 0 aliphatic rings. The van der Waals surface area contributed by atoms with Crippen LogP contribution in [-0.4, -0.2) is 23.7 Å². The van der Waals surface area contributed by atoms with E-state index >= 15 is 0 Å². The highest BCUT2D eigenvalue weighted by Crippen LogP contribution is 2.22. The minimum atomic E-state index is -3.91. The highest BCUT2D eigenvalue weighted by Gasteiger charge is 2.22. The second-order valence-corrected chi connectivity index (χ2v) is 9.54. The second kappa shape index (κ2) is 9.03.